The fourth-order valence-corrected chi connectivity index (χ4v) is 1.83. The monoisotopic (exact) mass is 332 g/mol. The molecule has 0 saturated heterocycles. The first kappa shape index (κ1) is 13.2. The molecular weight excluding hydrogens is 323 g/mol. The van der Waals surface area contributed by atoms with Crippen molar-refractivity contribution in [3.63, 3.8) is 0 Å². The van der Waals surface area contributed by atoms with Crippen LogP contribution in [-0.2, 0) is 13.0 Å². The van der Waals surface area contributed by atoms with E-state index in [9.17, 15) is 4.79 Å². The Morgan fingerprint density at radius 3 is 3.06 bits per heavy atom. The van der Waals surface area contributed by atoms with E-state index in [1.165, 1.54) is 10.9 Å². The van der Waals surface area contributed by atoms with E-state index in [1.807, 2.05) is 6.92 Å². The Balaban J connectivity index is 2.23. The zero-order valence-corrected chi connectivity index (χ0v) is 11.9. The molecule has 8 heteroatoms. The number of aromatic nitrogens is 4. The van der Waals surface area contributed by atoms with Gasteiger partial charge in [0.25, 0.3) is 5.56 Å². The van der Waals surface area contributed by atoms with E-state index in [0.29, 0.717) is 11.7 Å². The summed E-state index contributed by atoms with van der Waals surface area (Å²) in [7, 11) is 0. The Hall–Kier alpha value is -1.21. The number of aryl methyl sites for hydroxylation is 1. The summed E-state index contributed by atoms with van der Waals surface area (Å²) >= 11 is 8.79. The molecule has 18 heavy (non-hydrogen) atoms. The van der Waals surface area contributed by atoms with Crippen LogP contribution in [0.3, 0.4) is 0 Å². The molecule has 0 atom stereocenters. The van der Waals surface area contributed by atoms with Gasteiger partial charge in [-0.05, 0) is 22.4 Å². The third-order valence-corrected chi connectivity index (χ3v) is 3.46. The third-order valence-electron chi connectivity index (χ3n) is 2.23. The van der Waals surface area contributed by atoms with E-state index in [4.69, 9.17) is 16.1 Å². The summed E-state index contributed by atoms with van der Waals surface area (Å²) in [5, 5.41) is 3.94. The van der Waals surface area contributed by atoms with Crippen molar-refractivity contribution in [3.8, 4) is 0 Å². The van der Waals surface area contributed by atoms with E-state index in [2.05, 4.69) is 31.1 Å². The Kier molecular flexibility index (Phi) is 4.13. The highest BCUT2D eigenvalue weighted by Crippen LogP contribution is 2.13. The first-order valence-electron chi connectivity index (χ1n) is 5.33. The van der Waals surface area contributed by atoms with Gasteiger partial charge in [0.05, 0.1) is 12.9 Å². The van der Waals surface area contributed by atoms with Gasteiger partial charge in [-0.1, -0.05) is 23.7 Å². The molecule has 0 spiro atoms. The van der Waals surface area contributed by atoms with Crippen molar-refractivity contribution in [2.75, 3.05) is 0 Å². The van der Waals surface area contributed by atoms with Gasteiger partial charge in [0, 0.05) is 6.42 Å². The SMILES string of the molecule is CCCc1nc(Cn2cnc(Cl)c(Br)c2=O)no1. The highest BCUT2D eigenvalue weighted by Gasteiger charge is 2.10. The average Bonchev–Trinajstić information content (AvgIpc) is 2.78. The zero-order chi connectivity index (χ0) is 13.1. The van der Waals surface area contributed by atoms with Crippen LogP contribution in [0.15, 0.2) is 20.1 Å². The minimum Gasteiger partial charge on any atom is -0.339 e. The van der Waals surface area contributed by atoms with Crippen LogP contribution in [-0.4, -0.2) is 19.7 Å². The van der Waals surface area contributed by atoms with Gasteiger partial charge in [-0.25, -0.2) is 4.98 Å². The van der Waals surface area contributed by atoms with Gasteiger partial charge in [0.15, 0.2) is 11.0 Å². The Morgan fingerprint density at radius 1 is 1.56 bits per heavy atom. The lowest BCUT2D eigenvalue weighted by Crippen LogP contribution is -2.22. The van der Waals surface area contributed by atoms with Crippen molar-refractivity contribution in [2.24, 2.45) is 0 Å². The number of rotatable bonds is 4. The molecule has 0 N–H and O–H groups in total. The molecule has 0 aliphatic carbocycles. The van der Waals surface area contributed by atoms with E-state index in [1.54, 1.807) is 0 Å². The molecular formula is C10H10BrClN4O2. The smallest absolute Gasteiger partial charge is 0.269 e. The molecule has 0 saturated carbocycles. The molecule has 2 aromatic rings. The quantitative estimate of drug-likeness (QED) is 0.801. The van der Waals surface area contributed by atoms with Gasteiger partial charge in [-0.15, -0.1) is 0 Å². The van der Waals surface area contributed by atoms with E-state index < -0.39 is 0 Å². The molecule has 2 aromatic heterocycles. The van der Waals surface area contributed by atoms with Gasteiger partial charge >= 0.3 is 0 Å². The number of halogens is 2. The van der Waals surface area contributed by atoms with Crippen LogP contribution in [0.5, 0.6) is 0 Å². The first-order valence-corrected chi connectivity index (χ1v) is 6.50. The molecule has 0 aromatic carbocycles. The molecule has 0 radical (unpaired) electrons. The molecule has 6 nitrogen and oxygen atoms in total. The predicted molar refractivity (Wildman–Crippen MR) is 68.6 cm³/mol. The average molecular weight is 334 g/mol. The molecule has 0 unspecified atom stereocenters. The maximum Gasteiger partial charge on any atom is 0.269 e. The molecule has 0 aliphatic heterocycles. The van der Waals surface area contributed by atoms with E-state index in [-0.39, 0.29) is 21.7 Å². The van der Waals surface area contributed by atoms with Gasteiger partial charge in [0.1, 0.15) is 4.47 Å². The second-order valence-corrected chi connectivity index (χ2v) is 4.79. The van der Waals surface area contributed by atoms with Crippen molar-refractivity contribution in [2.45, 2.75) is 26.3 Å². The molecule has 2 rings (SSSR count). The van der Waals surface area contributed by atoms with Crippen molar-refractivity contribution in [1.82, 2.24) is 19.7 Å². The van der Waals surface area contributed by atoms with Crippen LogP contribution in [0.4, 0.5) is 0 Å². The summed E-state index contributed by atoms with van der Waals surface area (Å²) in [6.07, 6.45) is 3.01. The highest BCUT2D eigenvalue weighted by atomic mass is 79.9. The minimum absolute atomic E-state index is 0.135. The number of hydrogen-bond donors (Lipinski definition) is 0. The van der Waals surface area contributed by atoms with Crippen molar-refractivity contribution >= 4 is 27.5 Å². The van der Waals surface area contributed by atoms with Gasteiger partial charge in [-0.3, -0.25) is 9.36 Å². The van der Waals surface area contributed by atoms with Crippen molar-refractivity contribution in [3.05, 3.63) is 38.0 Å². The van der Waals surface area contributed by atoms with Crippen LogP contribution in [0.1, 0.15) is 25.1 Å². The summed E-state index contributed by atoms with van der Waals surface area (Å²) < 4.78 is 6.62. The van der Waals surface area contributed by atoms with Crippen LogP contribution in [0.2, 0.25) is 5.15 Å². The molecule has 0 fully saturated rings. The zero-order valence-electron chi connectivity index (χ0n) is 9.56. The molecule has 0 amide bonds. The van der Waals surface area contributed by atoms with E-state index >= 15 is 0 Å². The summed E-state index contributed by atoms with van der Waals surface area (Å²) in [5.74, 6) is 1.01. The molecule has 0 bridgehead atoms. The summed E-state index contributed by atoms with van der Waals surface area (Å²) in [6.45, 7) is 2.23. The normalized spacial score (nSPS) is 10.8. The second kappa shape index (κ2) is 5.62. The van der Waals surface area contributed by atoms with Crippen molar-refractivity contribution < 1.29 is 4.52 Å². The maximum absolute atomic E-state index is 11.8. The molecule has 2 heterocycles. The van der Waals surface area contributed by atoms with Crippen molar-refractivity contribution in [1.29, 1.82) is 0 Å². The van der Waals surface area contributed by atoms with Gasteiger partial charge in [-0.2, -0.15) is 4.98 Å². The summed E-state index contributed by atoms with van der Waals surface area (Å²) in [4.78, 5) is 19.9. The lowest BCUT2D eigenvalue weighted by Gasteiger charge is -2.02. The predicted octanol–water partition coefficient (Wildman–Crippen LogP) is 2.04. The van der Waals surface area contributed by atoms with Crippen LogP contribution in [0, 0.1) is 0 Å². The largest absolute Gasteiger partial charge is 0.339 e. The van der Waals surface area contributed by atoms with Crippen LogP contribution in [0.25, 0.3) is 0 Å². The van der Waals surface area contributed by atoms with Crippen LogP contribution < -0.4 is 5.56 Å². The Bertz CT molecular complexity index is 610. The molecule has 0 aliphatic rings. The standard InChI is InChI=1S/C10H10BrClN4O2/c1-2-3-7-14-6(15-18-7)4-16-5-13-9(12)8(11)10(16)17/h5H,2-4H2,1H3. The highest BCUT2D eigenvalue weighted by molar-refractivity contribution is 9.10. The second-order valence-electron chi connectivity index (χ2n) is 3.64. The maximum atomic E-state index is 11.8. The summed E-state index contributed by atoms with van der Waals surface area (Å²) in [6, 6.07) is 0. The summed E-state index contributed by atoms with van der Waals surface area (Å²) in [5.41, 5.74) is -0.281. The third kappa shape index (κ3) is 2.78. The Morgan fingerprint density at radius 2 is 2.33 bits per heavy atom. The van der Waals surface area contributed by atoms with Crippen LogP contribution >= 0.6 is 27.5 Å². The minimum atomic E-state index is -0.281. The lowest BCUT2D eigenvalue weighted by molar-refractivity contribution is 0.370. The number of hydrogen-bond acceptors (Lipinski definition) is 5. The van der Waals surface area contributed by atoms with Gasteiger partial charge in [0.2, 0.25) is 5.89 Å². The lowest BCUT2D eigenvalue weighted by atomic mass is 10.3. The topological polar surface area (TPSA) is 73.8 Å². The fourth-order valence-electron chi connectivity index (χ4n) is 1.38. The van der Waals surface area contributed by atoms with Gasteiger partial charge < -0.3 is 4.52 Å². The Labute approximate surface area is 116 Å². The number of nitrogens with zero attached hydrogens (tertiary/aromatic N) is 4. The van der Waals surface area contributed by atoms with E-state index in [0.717, 1.165) is 12.8 Å². The first-order chi connectivity index (χ1) is 8.61. The fraction of sp³-hybridized carbons (Fsp3) is 0.400. The molecule has 96 valence electrons.